The van der Waals surface area contributed by atoms with E-state index in [0.29, 0.717) is 0 Å². The summed E-state index contributed by atoms with van der Waals surface area (Å²) in [5.41, 5.74) is 0.829. The Bertz CT molecular complexity index is 398. The van der Waals surface area contributed by atoms with Crippen LogP contribution in [0.2, 0.25) is 0 Å². The van der Waals surface area contributed by atoms with Crippen LogP contribution in [0.1, 0.15) is 12.5 Å². The molecule has 0 saturated carbocycles. The van der Waals surface area contributed by atoms with Gasteiger partial charge < -0.3 is 0 Å². The fourth-order valence-corrected chi connectivity index (χ4v) is 1.66. The van der Waals surface area contributed by atoms with Crippen LogP contribution in [0.3, 0.4) is 0 Å². The minimum Gasteiger partial charge on any atom is -0.267 e. The molecule has 1 aromatic rings. The first-order valence-electron chi connectivity index (χ1n) is 4.26. The van der Waals surface area contributed by atoms with Crippen LogP contribution < -0.4 is 0 Å². The largest absolute Gasteiger partial charge is 0.290 e. The normalized spacial score (nSPS) is 11.3. The average Bonchev–Trinajstić information content (AvgIpc) is 2.17. The second-order valence-corrected chi connectivity index (χ2v) is 4.11. The molecule has 0 fully saturated rings. The van der Waals surface area contributed by atoms with E-state index in [2.05, 4.69) is 4.18 Å². The number of rotatable bonds is 4. The maximum atomic E-state index is 11.1. The van der Waals surface area contributed by atoms with Crippen molar-refractivity contribution < 1.29 is 12.6 Å². The molecular formula is C10H12NaO3S. The zero-order valence-corrected chi connectivity index (χ0v) is 11.7. The maximum absolute atomic E-state index is 11.1. The van der Waals surface area contributed by atoms with Crippen LogP contribution in [-0.2, 0) is 14.3 Å². The zero-order valence-electron chi connectivity index (χ0n) is 8.88. The molecule has 0 aromatic heterocycles. The van der Waals surface area contributed by atoms with Crippen molar-refractivity contribution in [3.05, 3.63) is 41.3 Å². The van der Waals surface area contributed by atoms with Crippen molar-refractivity contribution in [1.29, 1.82) is 0 Å². The van der Waals surface area contributed by atoms with Crippen LogP contribution in [-0.4, -0.2) is 44.6 Å². The predicted molar refractivity (Wildman–Crippen MR) is 61.8 cm³/mol. The molecule has 0 unspecified atom stereocenters. The Kier molecular flexibility index (Phi) is 7.13. The molecule has 15 heavy (non-hydrogen) atoms. The molecule has 0 atom stereocenters. The Morgan fingerprint density at radius 3 is 2.40 bits per heavy atom. The Hall–Kier alpha value is -0.130. The van der Waals surface area contributed by atoms with Gasteiger partial charge in [-0.25, -0.2) is 0 Å². The molecule has 0 bridgehead atoms. The van der Waals surface area contributed by atoms with Gasteiger partial charge in [0.2, 0.25) is 0 Å². The van der Waals surface area contributed by atoms with E-state index in [0.717, 1.165) is 11.0 Å². The molecule has 0 aliphatic rings. The van der Waals surface area contributed by atoms with Gasteiger partial charge in [0.1, 0.15) is 0 Å². The van der Waals surface area contributed by atoms with Gasteiger partial charge in [-0.2, -0.15) is 8.42 Å². The van der Waals surface area contributed by atoms with E-state index in [1.54, 1.807) is 6.92 Å². The molecule has 0 aliphatic carbocycles. The number of hydrogen-bond acceptors (Lipinski definition) is 3. The fourth-order valence-electron chi connectivity index (χ4n) is 0.930. The molecule has 3 nitrogen and oxygen atoms in total. The Morgan fingerprint density at radius 1 is 1.27 bits per heavy atom. The van der Waals surface area contributed by atoms with Crippen LogP contribution in [0.15, 0.2) is 35.7 Å². The quantitative estimate of drug-likeness (QED) is 0.588. The second-order valence-electron chi connectivity index (χ2n) is 2.61. The molecule has 1 aromatic carbocycles. The smallest absolute Gasteiger partial charge is 0.267 e. The van der Waals surface area contributed by atoms with Gasteiger partial charge in [-0.05, 0) is 18.6 Å². The van der Waals surface area contributed by atoms with E-state index < -0.39 is 10.1 Å². The van der Waals surface area contributed by atoms with Gasteiger partial charge in [-0.1, -0.05) is 30.3 Å². The molecule has 1 radical (unpaired) electrons. The fraction of sp³-hybridized carbons (Fsp3) is 0.200. The summed E-state index contributed by atoms with van der Waals surface area (Å²) >= 11 is 0. The van der Waals surface area contributed by atoms with Crippen LogP contribution >= 0.6 is 0 Å². The van der Waals surface area contributed by atoms with Gasteiger partial charge in [0.05, 0.1) is 12.0 Å². The van der Waals surface area contributed by atoms with Crippen molar-refractivity contribution in [2.45, 2.75) is 6.92 Å². The third-order valence-electron chi connectivity index (χ3n) is 1.51. The van der Waals surface area contributed by atoms with Crippen molar-refractivity contribution in [3.8, 4) is 0 Å². The summed E-state index contributed by atoms with van der Waals surface area (Å²) in [4.78, 5) is 0. The molecule has 0 aliphatic heterocycles. The van der Waals surface area contributed by atoms with Crippen molar-refractivity contribution >= 4 is 45.8 Å². The molecule has 0 heterocycles. The molecule has 1 rings (SSSR count). The minimum absolute atomic E-state index is 0. The minimum atomic E-state index is -3.51. The molecule has 0 spiro atoms. The Labute approximate surface area is 113 Å². The number of benzene rings is 1. The van der Waals surface area contributed by atoms with Gasteiger partial charge in [-0.3, -0.25) is 4.18 Å². The van der Waals surface area contributed by atoms with Crippen LogP contribution in [0.4, 0.5) is 0 Å². The summed E-state index contributed by atoms with van der Waals surface area (Å²) in [5.74, 6) is 0. The van der Waals surface area contributed by atoms with Crippen molar-refractivity contribution in [3.63, 3.8) is 0 Å². The predicted octanol–water partition coefficient (Wildman–Crippen LogP) is 1.64. The van der Waals surface area contributed by atoms with Gasteiger partial charge in [0.15, 0.2) is 0 Å². The summed E-state index contributed by atoms with van der Waals surface area (Å²) in [6.07, 6.45) is 1.50. The van der Waals surface area contributed by atoms with Crippen molar-refractivity contribution in [2.24, 2.45) is 0 Å². The summed E-state index contributed by atoms with van der Waals surface area (Å²) in [6.45, 7) is 1.79. The molecular weight excluding hydrogens is 223 g/mol. The van der Waals surface area contributed by atoms with Crippen LogP contribution in [0.5, 0.6) is 0 Å². The monoisotopic (exact) mass is 235 g/mol. The van der Waals surface area contributed by atoms with E-state index in [4.69, 9.17) is 0 Å². The summed E-state index contributed by atoms with van der Waals surface area (Å²) in [7, 11) is -3.51. The van der Waals surface area contributed by atoms with E-state index in [9.17, 15) is 8.42 Å². The Morgan fingerprint density at radius 2 is 1.87 bits per heavy atom. The molecule has 0 amide bonds. The third kappa shape index (κ3) is 6.12. The first kappa shape index (κ1) is 14.9. The zero-order chi connectivity index (χ0) is 10.4. The Balaban J connectivity index is 0.00000196. The van der Waals surface area contributed by atoms with E-state index in [1.165, 1.54) is 6.08 Å². The molecule has 0 N–H and O–H groups in total. The van der Waals surface area contributed by atoms with Crippen LogP contribution in [0, 0.1) is 0 Å². The summed E-state index contributed by atoms with van der Waals surface area (Å²) in [6, 6.07) is 9.18. The SMILES string of the molecule is CCOS(=O)(=O)C=Cc1ccccc1.[Na]. The van der Waals surface area contributed by atoms with E-state index >= 15 is 0 Å². The molecule has 77 valence electrons. The second kappa shape index (κ2) is 7.19. The van der Waals surface area contributed by atoms with Gasteiger partial charge in [0.25, 0.3) is 10.1 Å². The topological polar surface area (TPSA) is 43.4 Å². The molecule has 0 saturated heterocycles. The van der Waals surface area contributed by atoms with E-state index in [-0.39, 0.29) is 36.2 Å². The third-order valence-corrected chi connectivity index (χ3v) is 2.54. The van der Waals surface area contributed by atoms with Crippen LogP contribution in [0.25, 0.3) is 6.08 Å². The maximum Gasteiger partial charge on any atom is 0.290 e. The standard InChI is InChI=1S/C10H12O3S.Na/c1-2-13-14(11,12)9-8-10-6-4-3-5-7-10;/h3-9H,2H2,1H3;. The number of hydrogen-bond donors (Lipinski definition) is 0. The van der Waals surface area contributed by atoms with Gasteiger partial charge in [0, 0.05) is 29.6 Å². The van der Waals surface area contributed by atoms with Gasteiger partial charge >= 0.3 is 0 Å². The molecule has 5 heteroatoms. The first-order valence-corrected chi connectivity index (χ1v) is 5.74. The van der Waals surface area contributed by atoms with Gasteiger partial charge in [-0.15, -0.1) is 0 Å². The first-order chi connectivity index (χ1) is 6.64. The summed E-state index contributed by atoms with van der Waals surface area (Å²) in [5, 5.41) is 1.06. The van der Waals surface area contributed by atoms with Crippen molar-refractivity contribution in [1.82, 2.24) is 0 Å². The van der Waals surface area contributed by atoms with Crippen molar-refractivity contribution in [2.75, 3.05) is 6.61 Å². The van der Waals surface area contributed by atoms with E-state index in [1.807, 2.05) is 30.3 Å². The summed E-state index contributed by atoms with van der Waals surface area (Å²) < 4.78 is 26.7. The average molecular weight is 235 g/mol.